The molecule has 2 atom stereocenters. The van der Waals surface area contributed by atoms with Crippen LogP contribution in [-0.4, -0.2) is 35.6 Å². The number of nitrogens with one attached hydrogen (secondary N) is 1. The van der Waals surface area contributed by atoms with Gasteiger partial charge < -0.3 is 10.1 Å². The minimum Gasteiger partial charge on any atom is -0.383 e. The highest BCUT2D eigenvalue weighted by Crippen LogP contribution is 2.29. The zero-order valence-corrected chi connectivity index (χ0v) is 12.1. The van der Waals surface area contributed by atoms with E-state index in [1.807, 2.05) is 4.68 Å². The van der Waals surface area contributed by atoms with E-state index in [1.165, 1.54) is 12.8 Å². The molecule has 1 aromatic rings. The van der Waals surface area contributed by atoms with Crippen LogP contribution in [0.5, 0.6) is 0 Å². The van der Waals surface area contributed by atoms with Gasteiger partial charge in [-0.2, -0.15) is 5.10 Å². The predicted molar refractivity (Wildman–Crippen MR) is 73.1 cm³/mol. The van der Waals surface area contributed by atoms with Crippen molar-refractivity contribution in [1.29, 1.82) is 0 Å². The Hall–Kier alpha value is -0.580. The number of ether oxygens (including phenoxy) is 1. The minimum absolute atomic E-state index is 0.345. The Morgan fingerprint density at radius 3 is 2.89 bits per heavy atom. The van der Waals surface area contributed by atoms with Crippen LogP contribution in [0, 0.1) is 0 Å². The van der Waals surface area contributed by atoms with Crippen molar-refractivity contribution in [2.75, 3.05) is 13.7 Å². The predicted octanol–water partition coefficient (Wildman–Crippen LogP) is 2.43. The Morgan fingerprint density at radius 2 is 2.28 bits per heavy atom. The molecule has 1 fully saturated rings. The van der Waals surface area contributed by atoms with Crippen LogP contribution in [0.4, 0.5) is 0 Å². The lowest BCUT2D eigenvalue weighted by Crippen LogP contribution is -2.33. The molecule has 5 heteroatoms. The number of nitrogens with zero attached hydrogens (tertiary/aromatic N) is 2. The second-order valence-corrected chi connectivity index (χ2v) is 5.52. The van der Waals surface area contributed by atoms with Gasteiger partial charge in [-0.05, 0) is 19.8 Å². The summed E-state index contributed by atoms with van der Waals surface area (Å²) < 4.78 is 7.07. The first kappa shape index (κ1) is 13.8. The van der Waals surface area contributed by atoms with Crippen molar-refractivity contribution >= 4 is 11.6 Å². The Bertz CT molecular complexity index is 390. The fraction of sp³-hybridized carbons (Fsp3) is 0.769. The van der Waals surface area contributed by atoms with E-state index in [0.29, 0.717) is 24.6 Å². The molecule has 2 unspecified atom stereocenters. The zero-order valence-electron chi connectivity index (χ0n) is 11.3. The summed E-state index contributed by atoms with van der Waals surface area (Å²) in [5, 5.41) is 8.70. The third kappa shape index (κ3) is 3.25. The van der Waals surface area contributed by atoms with Crippen LogP contribution in [0.2, 0.25) is 5.02 Å². The van der Waals surface area contributed by atoms with Gasteiger partial charge in [0.15, 0.2) is 0 Å². The molecule has 1 N–H and O–H groups in total. The molecule has 1 aromatic heterocycles. The van der Waals surface area contributed by atoms with Crippen LogP contribution in [0.1, 0.15) is 38.3 Å². The third-order valence-corrected chi connectivity index (χ3v) is 3.89. The standard InChI is InChI=1S/C13H22ClN3O/c1-9(10(2)16-11-4-5-11)13-12(14)8-15-17(13)6-7-18-3/h8-11,16H,4-7H2,1-3H3. The maximum Gasteiger partial charge on any atom is 0.0821 e. The molecule has 1 heterocycles. The minimum atomic E-state index is 0.345. The highest BCUT2D eigenvalue weighted by Gasteiger charge is 2.28. The average Bonchev–Trinajstić information content (AvgIpc) is 3.08. The molecule has 0 bridgehead atoms. The Balaban J connectivity index is 2.06. The normalized spacial score (nSPS) is 18.9. The highest BCUT2D eigenvalue weighted by molar-refractivity contribution is 6.31. The fourth-order valence-electron chi connectivity index (χ4n) is 2.18. The molecule has 2 rings (SSSR count). The summed E-state index contributed by atoms with van der Waals surface area (Å²) >= 11 is 6.26. The van der Waals surface area contributed by atoms with Crippen molar-refractivity contribution in [3.05, 3.63) is 16.9 Å². The van der Waals surface area contributed by atoms with E-state index in [9.17, 15) is 0 Å². The molecule has 0 amide bonds. The van der Waals surface area contributed by atoms with Gasteiger partial charge in [0, 0.05) is 25.1 Å². The van der Waals surface area contributed by atoms with E-state index in [0.717, 1.165) is 17.3 Å². The van der Waals surface area contributed by atoms with Gasteiger partial charge in [0.2, 0.25) is 0 Å². The van der Waals surface area contributed by atoms with Crippen molar-refractivity contribution < 1.29 is 4.74 Å². The third-order valence-electron chi connectivity index (χ3n) is 3.60. The molecule has 0 aromatic carbocycles. The van der Waals surface area contributed by atoms with Crippen molar-refractivity contribution in [1.82, 2.24) is 15.1 Å². The van der Waals surface area contributed by atoms with Crippen molar-refractivity contribution in [3.8, 4) is 0 Å². The molecule has 0 aliphatic heterocycles. The summed E-state index contributed by atoms with van der Waals surface area (Å²) in [6.07, 6.45) is 4.33. The maximum atomic E-state index is 6.26. The summed E-state index contributed by atoms with van der Waals surface area (Å²) in [4.78, 5) is 0. The molecule has 18 heavy (non-hydrogen) atoms. The number of methoxy groups -OCH3 is 1. The number of rotatable bonds is 7. The lowest BCUT2D eigenvalue weighted by molar-refractivity contribution is 0.181. The van der Waals surface area contributed by atoms with E-state index < -0.39 is 0 Å². The summed E-state index contributed by atoms with van der Waals surface area (Å²) in [5.41, 5.74) is 1.11. The van der Waals surface area contributed by atoms with Gasteiger partial charge >= 0.3 is 0 Å². The van der Waals surface area contributed by atoms with Gasteiger partial charge in [-0.1, -0.05) is 18.5 Å². The second-order valence-electron chi connectivity index (χ2n) is 5.11. The first-order chi connectivity index (χ1) is 8.63. The Kier molecular flexibility index (Phi) is 4.65. The van der Waals surface area contributed by atoms with Crippen LogP contribution in [-0.2, 0) is 11.3 Å². The summed E-state index contributed by atoms with van der Waals surface area (Å²) in [5.74, 6) is 0.345. The Morgan fingerprint density at radius 1 is 1.56 bits per heavy atom. The zero-order chi connectivity index (χ0) is 13.1. The molecular formula is C13H22ClN3O. The monoisotopic (exact) mass is 271 g/mol. The van der Waals surface area contributed by atoms with E-state index in [1.54, 1.807) is 13.3 Å². The van der Waals surface area contributed by atoms with E-state index in [2.05, 4.69) is 24.3 Å². The van der Waals surface area contributed by atoms with Crippen LogP contribution in [0.3, 0.4) is 0 Å². The lowest BCUT2D eigenvalue weighted by Gasteiger charge is -2.22. The number of hydrogen-bond donors (Lipinski definition) is 1. The quantitative estimate of drug-likeness (QED) is 0.828. The highest BCUT2D eigenvalue weighted by atomic mass is 35.5. The maximum absolute atomic E-state index is 6.26. The molecular weight excluding hydrogens is 250 g/mol. The molecule has 1 aliphatic carbocycles. The molecule has 0 radical (unpaired) electrons. The van der Waals surface area contributed by atoms with Gasteiger partial charge in [-0.25, -0.2) is 0 Å². The lowest BCUT2D eigenvalue weighted by atomic mass is 9.99. The van der Waals surface area contributed by atoms with Crippen molar-refractivity contribution in [3.63, 3.8) is 0 Å². The fourth-order valence-corrected chi connectivity index (χ4v) is 2.50. The van der Waals surface area contributed by atoms with Crippen LogP contribution in [0.15, 0.2) is 6.20 Å². The molecule has 1 aliphatic rings. The van der Waals surface area contributed by atoms with E-state index in [-0.39, 0.29) is 0 Å². The summed E-state index contributed by atoms with van der Waals surface area (Å²) in [7, 11) is 1.70. The van der Waals surface area contributed by atoms with Crippen LogP contribution < -0.4 is 5.32 Å². The Labute approximate surface area is 114 Å². The molecule has 0 spiro atoms. The first-order valence-corrected chi connectivity index (χ1v) is 6.97. The summed E-state index contributed by atoms with van der Waals surface area (Å²) in [6, 6.07) is 1.12. The van der Waals surface area contributed by atoms with Gasteiger partial charge in [-0.15, -0.1) is 0 Å². The van der Waals surface area contributed by atoms with E-state index >= 15 is 0 Å². The van der Waals surface area contributed by atoms with Crippen molar-refractivity contribution in [2.24, 2.45) is 0 Å². The van der Waals surface area contributed by atoms with Crippen LogP contribution in [0.25, 0.3) is 0 Å². The van der Waals surface area contributed by atoms with Gasteiger partial charge in [0.25, 0.3) is 0 Å². The second kappa shape index (κ2) is 6.04. The first-order valence-electron chi connectivity index (χ1n) is 6.59. The molecule has 4 nitrogen and oxygen atoms in total. The van der Waals surface area contributed by atoms with Crippen LogP contribution >= 0.6 is 11.6 Å². The van der Waals surface area contributed by atoms with Gasteiger partial charge in [0.1, 0.15) is 0 Å². The number of hydrogen-bond acceptors (Lipinski definition) is 3. The topological polar surface area (TPSA) is 39.1 Å². The average molecular weight is 272 g/mol. The molecule has 102 valence electrons. The number of aromatic nitrogens is 2. The SMILES string of the molecule is COCCn1ncc(Cl)c1C(C)C(C)NC1CC1. The number of halogens is 1. The van der Waals surface area contributed by atoms with E-state index in [4.69, 9.17) is 16.3 Å². The molecule has 0 saturated heterocycles. The van der Waals surface area contributed by atoms with Gasteiger partial charge in [-0.3, -0.25) is 4.68 Å². The summed E-state index contributed by atoms with van der Waals surface area (Å²) in [6.45, 7) is 5.82. The van der Waals surface area contributed by atoms with Crippen molar-refractivity contribution in [2.45, 2.75) is 51.2 Å². The largest absolute Gasteiger partial charge is 0.383 e. The van der Waals surface area contributed by atoms with Gasteiger partial charge in [0.05, 0.1) is 30.1 Å². The molecule has 1 saturated carbocycles. The smallest absolute Gasteiger partial charge is 0.0821 e.